The van der Waals surface area contributed by atoms with Crippen molar-refractivity contribution in [3.05, 3.63) is 59.7 Å². The molecule has 3 amide bonds. The molecule has 0 saturated heterocycles. The summed E-state index contributed by atoms with van der Waals surface area (Å²) in [5.41, 5.74) is 3.07. The lowest BCUT2D eigenvalue weighted by molar-refractivity contribution is -0.128. The first-order chi connectivity index (χ1) is 15.8. The van der Waals surface area contributed by atoms with Crippen LogP contribution < -0.4 is 10.6 Å². The van der Waals surface area contributed by atoms with Crippen molar-refractivity contribution in [1.82, 2.24) is 9.80 Å². The lowest BCUT2D eigenvalue weighted by atomic mass is 10.1. The average molecular weight is 453 g/mol. The molecule has 0 saturated carbocycles. The highest BCUT2D eigenvalue weighted by atomic mass is 16.2. The Hall–Kier alpha value is -3.35. The van der Waals surface area contributed by atoms with Crippen LogP contribution in [0, 0.1) is 0 Å². The molecule has 0 aromatic heterocycles. The fourth-order valence-electron chi connectivity index (χ4n) is 3.42. The molecule has 0 radical (unpaired) electrons. The van der Waals surface area contributed by atoms with E-state index in [1.807, 2.05) is 29.2 Å². The summed E-state index contributed by atoms with van der Waals surface area (Å²) >= 11 is 0. The number of aryl methyl sites for hydroxylation is 1. The maximum Gasteiger partial charge on any atom is 0.253 e. The maximum absolute atomic E-state index is 12.8. The van der Waals surface area contributed by atoms with Crippen LogP contribution >= 0.6 is 0 Å². The highest BCUT2D eigenvalue weighted by Gasteiger charge is 2.15. The zero-order valence-corrected chi connectivity index (χ0v) is 20.2. The number of nitrogens with zero attached hydrogens (tertiary/aromatic N) is 2. The summed E-state index contributed by atoms with van der Waals surface area (Å²) in [6.45, 7) is 5.66. The summed E-state index contributed by atoms with van der Waals surface area (Å²) in [6, 6.07) is 14.8. The van der Waals surface area contributed by atoms with Gasteiger partial charge in [-0.2, -0.15) is 0 Å². The molecular weight excluding hydrogens is 416 g/mol. The minimum Gasteiger partial charge on any atom is -0.376 e. The Morgan fingerprint density at radius 2 is 1.55 bits per heavy atom. The van der Waals surface area contributed by atoms with Crippen molar-refractivity contribution in [1.29, 1.82) is 0 Å². The van der Waals surface area contributed by atoms with E-state index >= 15 is 0 Å². The molecular formula is C26H36N4O3. The number of carbonyl (C=O) groups is 3. The predicted molar refractivity (Wildman–Crippen MR) is 134 cm³/mol. The number of rotatable bonds is 12. The van der Waals surface area contributed by atoms with Crippen LogP contribution in [0.25, 0.3) is 0 Å². The number of carbonyl (C=O) groups excluding carboxylic acids is 3. The van der Waals surface area contributed by atoms with Gasteiger partial charge in [-0.1, -0.05) is 32.0 Å². The molecule has 7 heteroatoms. The standard InChI is InChI=1S/C26H36N4O3/c1-5-16-30(17-6-2)26(33)21-8-7-9-23(18-21)28-24(31)19-27-22-13-10-20(11-14-22)12-15-25(32)29(3)4/h7-11,13-14,18,27H,5-6,12,15-17,19H2,1-4H3,(H,28,31). The van der Waals surface area contributed by atoms with Gasteiger partial charge in [0.05, 0.1) is 6.54 Å². The SMILES string of the molecule is CCCN(CCC)C(=O)c1cccc(NC(=O)CNc2ccc(CCC(=O)N(C)C)cc2)c1. The van der Waals surface area contributed by atoms with Gasteiger partial charge in [0.1, 0.15) is 0 Å². The van der Waals surface area contributed by atoms with Gasteiger partial charge in [-0.05, 0) is 55.2 Å². The minimum absolute atomic E-state index is 0.0136. The summed E-state index contributed by atoms with van der Waals surface area (Å²) in [5, 5.41) is 5.95. The third-order valence-corrected chi connectivity index (χ3v) is 5.20. The summed E-state index contributed by atoms with van der Waals surface area (Å²) in [5.74, 6) is -0.109. The molecule has 0 aliphatic heterocycles. The van der Waals surface area contributed by atoms with Crippen molar-refractivity contribution in [2.45, 2.75) is 39.5 Å². The first-order valence-electron chi connectivity index (χ1n) is 11.6. The van der Waals surface area contributed by atoms with E-state index in [-0.39, 0.29) is 24.3 Å². The monoisotopic (exact) mass is 452 g/mol. The smallest absolute Gasteiger partial charge is 0.253 e. The first-order valence-corrected chi connectivity index (χ1v) is 11.6. The zero-order valence-electron chi connectivity index (χ0n) is 20.2. The molecule has 0 spiro atoms. The van der Waals surface area contributed by atoms with Crippen LogP contribution in [0.15, 0.2) is 48.5 Å². The molecule has 0 fully saturated rings. The van der Waals surface area contributed by atoms with E-state index in [1.54, 1.807) is 43.3 Å². The highest BCUT2D eigenvalue weighted by molar-refractivity contribution is 5.98. The quantitative estimate of drug-likeness (QED) is 0.510. The molecule has 2 aromatic carbocycles. The Morgan fingerprint density at radius 3 is 2.15 bits per heavy atom. The molecule has 0 aliphatic carbocycles. The molecule has 0 bridgehead atoms. The van der Waals surface area contributed by atoms with Crippen LogP contribution in [-0.2, 0) is 16.0 Å². The Morgan fingerprint density at radius 1 is 0.879 bits per heavy atom. The van der Waals surface area contributed by atoms with Gasteiger partial charge >= 0.3 is 0 Å². The maximum atomic E-state index is 12.8. The van der Waals surface area contributed by atoms with Crippen molar-refractivity contribution in [3.8, 4) is 0 Å². The summed E-state index contributed by atoms with van der Waals surface area (Å²) in [6.07, 6.45) is 2.96. The normalized spacial score (nSPS) is 10.4. The topological polar surface area (TPSA) is 81.8 Å². The Kier molecular flexibility index (Phi) is 10.4. The molecule has 2 N–H and O–H groups in total. The minimum atomic E-state index is -0.195. The number of benzene rings is 2. The van der Waals surface area contributed by atoms with E-state index < -0.39 is 0 Å². The van der Waals surface area contributed by atoms with Crippen LogP contribution in [0.1, 0.15) is 49.0 Å². The number of hydrogen-bond acceptors (Lipinski definition) is 4. The van der Waals surface area contributed by atoms with E-state index in [4.69, 9.17) is 0 Å². The van der Waals surface area contributed by atoms with Crippen molar-refractivity contribution < 1.29 is 14.4 Å². The number of amides is 3. The molecule has 7 nitrogen and oxygen atoms in total. The largest absolute Gasteiger partial charge is 0.376 e. The lowest BCUT2D eigenvalue weighted by Crippen LogP contribution is -2.32. The van der Waals surface area contributed by atoms with Gasteiger partial charge in [0, 0.05) is 50.5 Å². The Balaban J connectivity index is 1.88. The fourth-order valence-corrected chi connectivity index (χ4v) is 3.42. The van der Waals surface area contributed by atoms with Crippen LogP contribution in [0.3, 0.4) is 0 Å². The van der Waals surface area contributed by atoms with Crippen molar-refractivity contribution in [2.75, 3.05) is 44.4 Å². The third kappa shape index (κ3) is 8.60. The van der Waals surface area contributed by atoms with Gasteiger partial charge in [0.15, 0.2) is 0 Å². The summed E-state index contributed by atoms with van der Waals surface area (Å²) < 4.78 is 0. The molecule has 33 heavy (non-hydrogen) atoms. The van der Waals surface area contributed by atoms with Gasteiger partial charge in [-0.3, -0.25) is 14.4 Å². The van der Waals surface area contributed by atoms with Crippen LogP contribution in [-0.4, -0.2) is 61.3 Å². The number of anilines is 2. The number of nitrogens with one attached hydrogen (secondary N) is 2. The molecule has 0 atom stereocenters. The van der Waals surface area contributed by atoms with Crippen LogP contribution in [0.2, 0.25) is 0 Å². The third-order valence-electron chi connectivity index (χ3n) is 5.20. The van der Waals surface area contributed by atoms with E-state index in [0.29, 0.717) is 24.1 Å². The zero-order chi connectivity index (χ0) is 24.2. The van der Waals surface area contributed by atoms with Gasteiger partial charge in [-0.15, -0.1) is 0 Å². The van der Waals surface area contributed by atoms with Crippen LogP contribution in [0.4, 0.5) is 11.4 Å². The second-order valence-corrected chi connectivity index (χ2v) is 8.26. The number of hydrogen-bond donors (Lipinski definition) is 2. The van der Waals surface area contributed by atoms with Gasteiger partial charge in [0.2, 0.25) is 11.8 Å². The van der Waals surface area contributed by atoms with E-state index in [1.165, 1.54) is 0 Å². The van der Waals surface area contributed by atoms with E-state index in [9.17, 15) is 14.4 Å². The van der Waals surface area contributed by atoms with Gasteiger partial charge in [0.25, 0.3) is 5.91 Å². The Labute approximate surface area is 197 Å². The van der Waals surface area contributed by atoms with Gasteiger partial charge < -0.3 is 20.4 Å². The summed E-state index contributed by atoms with van der Waals surface area (Å²) in [4.78, 5) is 40.3. The second-order valence-electron chi connectivity index (χ2n) is 8.26. The van der Waals surface area contributed by atoms with Crippen molar-refractivity contribution in [2.24, 2.45) is 0 Å². The van der Waals surface area contributed by atoms with Crippen molar-refractivity contribution >= 4 is 29.1 Å². The first kappa shape index (κ1) is 25.9. The van der Waals surface area contributed by atoms with E-state index in [2.05, 4.69) is 24.5 Å². The summed E-state index contributed by atoms with van der Waals surface area (Å²) in [7, 11) is 3.50. The molecule has 0 aliphatic rings. The average Bonchev–Trinajstić information content (AvgIpc) is 2.81. The lowest BCUT2D eigenvalue weighted by Gasteiger charge is -2.21. The van der Waals surface area contributed by atoms with E-state index in [0.717, 1.165) is 37.2 Å². The van der Waals surface area contributed by atoms with Gasteiger partial charge in [-0.25, -0.2) is 0 Å². The molecule has 2 rings (SSSR count). The Bertz CT molecular complexity index is 919. The highest BCUT2D eigenvalue weighted by Crippen LogP contribution is 2.15. The van der Waals surface area contributed by atoms with Crippen molar-refractivity contribution in [3.63, 3.8) is 0 Å². The predicted octanol–water partition coefficient (Wildman–Crippen LogP) is 4.02. The fraction of sp³-hybridized carbons (Fsp3) is 0.423. The second kappa shape index (κ2) is 13.3. The molecule has 0 unspecified atom stereocenters. The van der Waals surface area contributed by atoms with Crippen LogP contribution in [0.5, 0.6) is 0 Å². The molecule has 2 aromatic rings. The molecule has 178 valence electrons. The molecule has 0 heterocycles.